The van der Waals surface area contributed by atoms with E-state index in [2.05, 4.69) is 35.6 Å². The molecule has 2 heterocycles. The summed E-state index contributed by atoms with van der Waals surface area (Å²) in [7, 11) is 0. The van der Waals surface area contributed by atoms with Crippen LogP contribution in [0.2, 0.25) is 0 Å². The zero-order valence-electron chi connectivity index (χ0n) is 7.36. The molecule has 14 heavy (non-hydrogen) atoms. The summed E-state index contributed by atoms with van der Waals surface area (Å²) in [4.78, 5) is 8.17. The largest absolute Gasteiger partial charge is 0.329 e. The summed E-state index contributed by atoms with van der Waals surface area (Å²) in [5.74, 6) is 0.780. The topological polar surface area (TPSA) is 50.7 Å². The summed E-state index contributed by atoms with van der Waals surface area (Å²) >= 11 is 4.73. The molecule has 72 valence electrons. The van der Waals surface area contributed by atoms with E-state index in [4.69, 9.17) is 0 Å². The average molecular weight is 271 g/mol. The first-order chi connectivity index (χ1) is 6.75. The van der Waals surface area contributed by atoms with Crippen LogP contribution >= 0.6 is 27.5 Å². The molecule has 6 heteroatoms. The fourth-order valence-electron chi connectivity index (χ4n) is 0.940. The molecule has 1 N–H and O–H groups in total. The summed E-state index contributed by atoms with van der Waals surface area (Å²) < 4.78 is 4.99. The highest BCUT2D eigenvalue weighted by Gasteiger charge is 2.02. The van der Waals surface area contributed by atoms with Gasteiger partial charge < -0.3 is 5.32 Å². The quantitative estimate of drug-likeness (QED) is 0.912. The van der Waals surface area contributed by atoms with Gasteiger partial charge in [0, 0.05) is 23.9 Å². The predicted molar refractivity (Wildman–Crippen MR) is 59.9 cm³/mol. The van der Waals surface area contributed by atoms with Crippen LogP contribution in [-0.2, 0) is 0 Å². The van der Waals surface area contributed by atoms with Crippen LogP contribution in [-0.4, -0.2) is 14.3 Å². The van der Waals surface area contributed by atoms with Gasteiger partial charge in [0.15, 0.2) is 0 Å². The van der Waals surface area contributed by atoms with Crippen molar-refractivity contribution >= 4 is 38.3 Å². The molecular weight excluding hydrogens is 264 g/mol. The Morgan fingerprint density at radius 3 is 3.00 bits per heavy atom. The standard InChI is InChI=1S/C8H7BrN4S/c1-5-11-8(14-13-5)12-7-2-3-10-4-6(7)9/h2-4H,1H3,(H,10,11,12,13). The van der Waals surface area contributed by atoms with E-state index in [0.29, 0.717) is 0 Å². The minimum absolute atomic E-state index is 0.780. The number of nitrogens with one attached hydrogen (secondary N) is 1. The van der Waals surface area contributed by atoms with Gasteiger partial charge in [-0.2, -0.15) is 4.37 Å². The van der Waals surface area contributed by atoms with Crippen molar-refractivity contribution in [3.05, 3.63) is 28.8 Å². The molecule has 0 bridgehead atoms. The zero-order chi connectivity index (χ0) is 9.97. The molecule has 0 aromatic carbocycles. The second-order valence-corrected chi connectivity index (χ2v) is 4.23. The molecule has 0 aliphatic heterocycles. The zero-order valence-corrected chi connectivity index (χ0v) is 9.76. The second-order valence-electron chi connectivity index (χ2n) is 2.63. The molecule has 2 rings (SSSR count). The van der Waals surface area contributed by atoms with Gasteiger partial charge >= 0.3 is 0 Å². The lowest BCUT2D eigenvalue weighted by Crippen LogP contribution is -1.90. The summed E-state index contributed by atoms with van der Waals surface area (Å²) in [5.41, 5.74) is 0.941. The van der Waals surface area contributed by atoms with E-state index < -0.39 is 0 Å². The third-order valence-electron chi connectivity index (χ3n) is 1.54. The van der Waals surface area contributed by atoms with E-state index >= 15 is 0 Å². The van der Waals surface area contributed by atoms with Crippen LogP contribution in [0.25, 0.3) is 0 Å². The minimum atomic E-state index is 0.780. The molecule has 0 radical (unpaired) electrons. The number of nitrogens with zero attached hydrogens (tertiary/aromatic N) is 3. The molecule has 2 aromatic heterocycles. The van der Waals surface area contributed by atoms with Gasteiger partial charge in [0.05, 0.1) is 10.2 Å². The fraction of sp³-hybridized carbons (Fsp3) is 0.125. The van der Waals surface area contributed by atoms with Gasteiger partial charge in [-0.15, -0.1) is 0 Å². The molecule has 0 fully saturated rings. The smallest absolute Gasteiger partial charge is 0.207 e. The lowest BCUT2D eigenvalue weighted by molar-refractivity contribution is 1.16. The number of hydrogen-bond acceptors (Lipinski definition) is 5. The minimum Gasteiger partial charge on any atom is -0.329 e. The molecule has 0 atom stereocenters. The number of aromatic nitrogens is 3. The molecular formula is C8H7BrN4S. The van der Waals surface area contributed by atoms with E-state index in [1.165, 1.54) is 11.5 Å². The van der Waals surface area contributed by atoms with Crippen molar-refractivity contribution in [2.75, 3.05) is 5.32 Å². The fourth-order valence-corrected chi connectivity index (χ4v) is 1.88. The van der Waals surface area contributed by atoms with Crippen molar-refractivity contribution in [3.8, 4) is 0 Å². The maximum Gasteiger partial charge on any atom is 0.207 e. The Kier molecular flexibility index (Phi) is 2.74. The van der Waals surface area contributed by atoms with E-state index in [1.54, 1.807) is 12.4 Å². The van der Waals surface area contributed by atoms with Crippen molar-refractivity contribution in [3.63, 3.8) is 0 Å². The summed E-state index contributed by atoms with van der Waals surface area (Å²) in [6, 6.07) is 1.88. The van der Waals surface area contributed by atoms with Crippen LogP contribution < -0.4 is 5.32 Å². The molecule has 0 amide bonds. The Bertz CT molecular complexity index is 442. The number of pyridine rings is 1. The summed E-state index contributed by atoms with van der Waals surface area (Å²) in [5, 5.41) is 3.94. The van der Waals surface area contributed by atoms with Crippen molar-refractivity contribution in [1.82, 2.24) is 14.3 Å². The summed E-state index contributed by atoms with van der Waals surface area (Å²) in [6.07, 6.45) is 3.46. The number of hydrogen-bond donors (Lipinski definition) is 1. The van der Waals surface area contributed by atoms with Crippen molar-refractivity contribution in [2.24, 2.45) is 0 Å². The molecule has 2 aromatic rings. The second kappa shape index (κ2) is 4.02. The first-order valence-corrected chi connectivity index (χ1v) is 5.49. The SMILES string of the molecule is Cc1nsc(Nc2ccncc2Br)n1. The Balaban J connectivity index is 2.23. The maximum absolute atomic E-state index is 4.20. The number of rotatable bonds is 2. The lowest BCUT2D eigenvalue weighted by Gasteiger charge is -2.02. The van der Waals surface area contributed by atoms with Crippen molar-refractivity contribution < 1.29 is 0 Å². The Morgan fingerprint density at radius 2 is 2.36 bits per heavy atom. The average Bonchev–Trinajstić information content (AvgIpc) is 2.56. The van der Waals surface area contributed by atoms with Gasteiger partial charge in [0.25, 0.3) is 0 Å². The van der Waals surface area contributed by atoms with E-state index in [-0.39, 0.29) is 0 Å². The lowest BCUT2D eigenvalue weighted by atomic mass is 10.4. The van der Waals surface area contributed by atoms with Crippen LogP contribution in [0, 0.1) is 6.92 Å². The van der Waals surface area contributed by atoms with Crippen LogP contribution in [0.1, 0.15) is 5.82 Å². The maximum atomic E-state index is 4.20. The van der Waals surface area contributed by atoms with Gasteiger partial charge in [0.1, 0.15) is 5.82 Å². The third-order valence-corrected chi connectivity index (χ3v) is 2.90. The van der Waals surface area contributed by atoms with Gasteiger partial charge in [-0.1, -0.05) is 0 Å². The van der Waals surface area contributed by atoms with Crippen molar-refractivity contribution in [1.29, 1.82) is 0 Å². The summed E-state index contributed by atoms with van der Waals surface area (Å²) in [6.45, 7) is 1.86. The number of aryl methyl sites for hydroxylation is 1. The van der Waals surface area contributed by atoms with Crippen LogP contribution in [0.15, 0.2) is 22.9 Å². The normalized spacial score (nSPS) is 10.1. The highest BCUT2D eigenvalue weighted by atomic mass is 79.9. The number of halogens is 1. The van der Waals surface area contributed by atoms with Gasteiger partial charge in [-0.3, -0.25) is 4.98 Å². The number of anilines is 2. The third kappa shape index (κ3) is 2.08. The van der Waals surface area contributed by atoms with Gasteiger partial charge in [0.2, 0.25) is 5.13 Å². The highest BCUT2D eigenvalue weighted by molar-refractivity contribution is 9.10. The molecule has 0 aliphatic rings. The van der Waals surface area contributed by atoms with Crippen molar-refractivity contribution in [2.45, 2.75) is 6.92 Å². The molecule has 0 saturated carbocycles. The molecule has 0 unspecified atom stereocenters. The first-order valence-electron chi connectivity index (χ1n) is 3.92. The van der Waals surface area contributed by atoms with Gasteiger partial charge in [-0.05, 0) is 28.9 Å². The highest BCUT2D eigenvalue weighted by Crippen LogP contribution is 2.24. The van der Waals surface area contributed by atoms with Crippen LogP contribution in [0.5, 0.6) is 0 Å². The monoisotopic (exact) mass is 270 g/mol. The van der Waals surface area contributed by atoms with Crippen LogP contribution in [0.4, 0.5) is 10.8 Å². The van der Waals surface area contributed by atoms with Gasteiger partial charge in [-0.25, -0.2) is 4.98 Å². The molecule has 0 spiro atoms. The van der Waals surface area contributed by atoms with E-state index in [9.17, 15) is 0 Å². The van der Waals surface area contributed by atoms with Crippen LogP contribution in [0.3, 0.4) is 0 Å². The first kappa shape index (κ1) is 9.54. The Labute approximate surface area is 93.7 Å². The van der Waals surface area contributed by atoms with E-state index in [1.807, 2.05) is 13.0 Å². The molecule has 0 aliphatic carbocycles. The predicted octanol–water partition coefficient (Wildman–Crippen LogP) is 2.75. The Morgan fingerprint density at radius 1 is 1.50 bits per heavy atom. The van der Waals surface area contributed by atoms with E-state index in [0.717, 1.165) is 21.1 Å². The molecule has 4 nitrogen and oxygen atoms in total. The molecule has 0 saturated heterocycles. The Hall–Kier alpha value is -1.01.